The maximum absolute atomic E-state index is 12.6. The zero-order valence-electron chi connectivity index (χ0n) is 15.7. The fourth-order valence-corrected chi connectivity index (χ4v) is 4.10. The molecule has 1 aromatic carbocycles. The van der Waals surface area contributed by atoms with Gasteiger partial charge in [-0.15, -0.1) is 0 Å². The lowest BCUT2D eigenvalue weighted by molar-refractivity contribution is 0.0937. The minimum Gasteiger partial charge on any atom is -0.348 e. The molecule has 2 aliphatic heterocycles. The number of amides is 1. The van der Waals surface area contributed by atoms with E-state index in [0.29, 0.717) is 6.04 Å². The van der Waals surface area contributed by atoms with Gasteiger partial charge in [0.05, 0.1) is 0 Å². The Balaban J connectivity index is 1.54. The van der Waals surface area contributed by atoms with Crippen LogP contribution in [0.4, 0.5) is 0 Å². The van der Waals surface area contributed by atoms with E-state index in [1.807, 2.05) is 12.1 Å². The summed E-state index contributed by atoms with van der Waals surface area (Å²) in [5.74, 6) is 0.0843. The van der Waals surface area contributed by atoms with Gasteiger partial charge in [-0.3, -0.25) is 9.69 Å². The molecule has 2 saturated heterocycles. The van der Waals surface area contributed by atoms with Gasteiger partial charge in [0.2, 0.25) is 0 Å². The summed E-state index contributed by atoms with van der Waals surface area (Å²) in [6.45, 7) is 8.78. The van der Waals surface area contributed by atoms with Gasteiger partial charge in [-0.2, -0.15) is 0 Å². The molecule has 1 atom stereocenters. The SMILES string of the molecule is CCCN1CC[C@H](NC(=O)c2cccc(CN3CCCCCC3)c2)C1. The maximum atomic E-state index is 12.6. The molecule has 25 heavy (non-hydrogen) atoms. The average Bonchev–Trinajstić information content (AvgIpc) is 2.89. The Hall–Kier alpha value is -1.39. The molecule has 2 fully saturated rings. The van der Waals surface area contributed by atoms with Crippen LogP contribution in [-0.4, -0.2) is 54.5 Å². The summed E-state index contributed by atoms with van der Waals surface area (Å²) in [4.78, 5) is 17.6. The van der Waals surface area contributed by atoms with E-state index in [-0.39, 0.29) is 5.91 Å². The first kappa shape index (κ1) is 18.4. The Morgan fingerprint density at radius 1 is 1.12 bits per heavy atom. The second-order valence-electron chi connectivity index (χ2n) is 7.65. The number of likely N-dealkylation sites (tertiary alicyclic amines) is 2. The number of benzene rings is 1. The van der Waals surface area contributed by atoms with E-state index < -0.39 is 0 Å². The van der Waals surface area contributed by atoms with Crippen LogP contribution in [0.1, 0.15) is 61.4 Å². The summed E-state index contributed by atoms with van der Waals surface area (Å²) in [6.07, 6.45) is 7.56. The van der Waals surface area contributed by atoms with Gasteiger partial charge >= 0.3 is 0 Å². The highest BCUT2D eigenvalue weighted by molar-refractivity contribution is 5.94. The minimum absolute atomic E-state index is 0.0843. The second-order valence-corrected chi connectivity index (χ2v) is 7.65. The highest BCUT2D eigenvalue weighted by Gasteiger charge is 2.23. The molecule has 2 heterocycles. The molecule has 1 aromatic rings. The summed E-state index contributed by atoms with van der Waals surface area (Å²) >= 11 is 0. The van der Waals surface area contributed by atoms with Crippen LogP contribution in [0.3, 0.4) is 0 Å². The topological polar surface area (TPSA) is 35.6 Å². The number of carbonyl (C=O) groups excluding carboxylic acids is 1. The van der Waals surface area contributed by atoms with E-state index >= 15 is 0 Å². The molecule has 4 nitrogen and oxygen atoms in total. The molecular formula is C21H33N3O. The van der Waals surface area contributed by atoms with Crippen LogP contribution >= 0.6 is 0 Å². The second kappa shape index (κ2) is 9.35. The minimum atomic E-state index is 0.0843. The summed E-state index contributed by atoms with van der Waals surface area (Å²) in [5, 5.41) is 3.23. The molecule has 0 saturated carbocycles. The summed E-state index contributed by atoms with van der Waals surface area (Å²) in [7, 11) is 0. The molecule has 138 valence electrons. The number of hydrogen-bond acceptors (Lipinski definition) is 3. The predicted molar refractivity (Wildman–Crippen MR) is 103 cm³/mol. The summed E-state index contributed by atoms with van der Waals surface area (Å²) in [6, 6.07) is 8.51. The van der Waals surface area contributed by atoms with Crippen molar-refractivity contribution >= 4 is 5.91 Å². The van der Waals surface area contributed by atoms with Crippen molar-refractivity contribution in [3.05, 3.63) is 35.4 Å². The third kappa shape index (κ3) is 5.55. The fourth-order valence-electron chi connectivity index (χ4n) is 4.10. The molecule has 0 bridgehead atoms. The Morgan fingerprint density at radius 2 is 1.92 bits per heavy atom. The lowest BCUT2D eigenvalue weighted by Crippen LogP contribution is -2.37. The first-order valence-electron chi connectivity index (χ1n) is 10.1. The molecule has 0 aliphatic carbocycles. The van der Waals surface area contributed by atoms with Gasteiger partial charge in [0.15, 0.2) is 0 Å². The van der Waals surface area contributed by atoms with Gasteiger partial charge in [0.25, 0.3) is 5.91 Å². The molecule has 0 unspecified atom stereocenters. The van der Waals surface area contributed by atoms with E-state index in [1.165, 1.54) is 50.8 Å². The van der Waals surface area contributed by atoms with Crippen molar-refractivity contribution in [1.82, 2.24) is 15.1 Å². The summed E-state index contributed by atoms with van der Waals surface area (Å²) < 4.78 is 0. The third-order valence-corrected chi connectivity index (χ3v) is 5.44. The Bertz CT molecular complexity index is 552. The monoisotopic (exact) mass is 343 g/mol. The number of rotatable bonds is 6. The molecule has 2 aliphatic rings. The summed E-state index contributed by atoms with van der Waals surface area (Å²) in [5.41, 5.74) is 2.06. The van der Waals surface area contributed by atoms with Gasteiger partial charge in [0.1, 0.15) is 0 Å². The molecular weight excluding hydrogens is 310 g/mol. The van der Waals surface area contributed by atoms with Gasteiger partial charge in [-0.25, -0.2) is 0 Å². The van der Waals surface area contributed by atoms with E-state index in [2.05, 4.69) is 34.2 Å². The molecule has 0 spiro atoms. The average molecular weight is 344 g/mol. The lowest BCUT2D eigenvalue weighted by Gasteiger charge is -2.20. The first-order chi connectivity index (χ1) is 12.2. The molecule has 0 radical (unpaired) electrons. The highest BCUT2D eigenvalue weighted by atomic mass is 16.1. The smallest absolute Gasteiger partial charge is 0.251 e. The van der Waals surface area contributed by atoms with E-state index in [0.717, 1.165) is 38.2 Å². The van der Waals surface area contributed by atoms with Gasteiger partial charge in [0, 0.05) is 31.2 Å². The van der Waals surface area contributed by atoms with Crippen molar-refractivity contribution in [2.45, 2.75) is 58.0 Å². The Labute approximate surface area is 152 Å². The number of carbonyl (C=O) groups is 1. The number of hydrogen-bond donors (Lipinski definition) is 1. The van der Waals surface area contributed by atoms with Gasteiger partial charge < -0.3 is 10.2 Å². The van der Waals surface area contributed by atoms with E-state index in [1.54, 1.807) is 0 Å². The Kier molecular flexibility index (Phi) is 6.88. The van der Waals surface area contributed by atoms with Gasteiger partial charge in [-0.1, -0.05) is 31.9 Å². The van der Waals surface area contributed by atoms with Crippen molar-refractivity contribution in [2.75, 3.05) is 32.7 Å². The fraction of sp³-hybridized carbons (Fsp3) is 0.667. The molecule has 0 aromatic heterocycles. The van der Waals surface area contributed by atoms with Crippen molar-refractivity contribution < 1.29 is 4.79 Å². The van der Waals surface area contributed by atoms with Crippen LogP contribution in [0.5, 0.6) is 0 Å². The van der Waals surface area contributed by atoms with E-state index in [9.17, 15) is 4.79 Å². The van der Waals surface area contributed by atoms with Crippen LogP contribution in [0.15, 0.2) is 24.3 Å². The highest BCUT2D eigenvalue weighted by Crippen LogP contribution is 2.15. The zero-order valence-corrected chi connectivity index (χ0v) is 15.7. The van der Waals surface area contributed by atoms with Crippen LogP contribution in [-0.2, 0) is 6.54 Å². The first-order valence-corrected chi connectivity index (χ1v) is 10.1. The normalized spacial score (nSPS) is 22.7. The van der Waals surface area contributed by atoms with Crippen LogP contribution in [0.25, 0.3) is 0 Å². The van der Waals surface area contributed by atoms with Crippen molar-refractivity contribution in [3.8, 4) is 0 Å². The van der Waals surface area contributed by atoms with Crippen molar-refractivity contribution in [3.63, 3.8) is 0 Å². The lowest BCUT2D eigenvalue weighted by atomic mass is 10.1. The quantitative estimate of drug-likeness (QED) is 0.861. The van der Waals surface area contributed by atoms with Crippen LogP contribution < -0.4 is 5.32 Å². The molecule has 1 N–H and O–H groups in total. The van der Waals surface area contributed by atoms with Crippen molar-refractivity contribution in [2.24, 2.45) is 0 Å². The van der Waals surface area contributed by atoms with Crippen LogP contribution in [0.2, 0.25) is 0 Å². The predicted octanol–water partition coefficient (Wildman–Crippen LogP) is 3.28. The standard InChI is InChI=1S/C21H33N3O/c1-2-11-23-14-10-20(17-23)22-21(25)19-9-7-8-18(15-19)16-24-12-5-3-4-6-13-24/h7-9,15,20H,2-6,10-14,16-17H2,1H3,(H,22,25)/t20-/m0/s1. The maximum Gasteiger partial charge on any atom is 0.251 e. The van der Waals surface area contributed by atoms with Crippen molar-refractivity contribution in [1.29, 1.82) is 0 Å². The molecule has 1 amide bonds. The third-order valence-electron chi connectivity index (χ3n) is 5.44. The van der Waals surface area contributed by atoms with Crippen LogP contribution in [0, 0.1) is 0 Å². The van der Waals surface area contributed by atoms with Gasteiger partial charge in [-0.05, 0) is 63.0 Å². The number of nitrogens with zero attached hydrogens (tertiary/aromatic N) is 2. The molecule has 3 rings (SSSR count). The number of nitrogens with one attached hydrogen (secondary N) is 1. The largest absolute Gasteiger partial charge is 0.348 e. The molecule has 4 heteroatoms. The Morgan fingerprint density at radius 3 is 2.68 bits per heavy atom. The zero-order chi connectivity index (χ0) is 17.5. The van der Waals surface area contributed by atoms with E-state index in [4.69, 9.17) is 0 Å².